The third-order valence-electron chi connectivity index (χ3n) is 2.11. The summed E-state index contributed by atoms with van der Waals surface area (Å²) < 4.78 is 23.3. The lowest BCUT2D eigenvalue weighted by atomic mass is 10.3. The number of rotatable bonds is 7. The van der Waals surface area contributed by atoms with Crippen LogP contribution in [0.25, 0.3) is 0 Å². The fraction of sp³-hybridized carbons (Fsp3) is 0.417. The van der Waals surface area contributed by atoms with Gasteiger partial charge in [0.05, 0.1) is 4.47 Å². The lowest BCUT2D eigenvalue weighted by Gasteiger charge is -2.07. The molecule has 4 nitrogen and oxygen atoms in total. The summed E-state index contributed by atoms with van der Waals surface area (Å²) >= 11 is 3.04. The van der Waals surface area contributed by atoms with Gasteiger partial charge < -0.3 is 14.8 Å². The van der Waals surface area contributed by atoms with Crippen molar-refractivity contribution in [3.8, 4) is 5.75 Å². The zero-order chi connectivity index (χ0) is 13.4. The minimum Gasteiger partial charge on any atom is -0.484 e. The molecule has 0 aliphatic heterocycles. The second kappa shape index (κ2) is 8.05. The normalized spacial score (nSPS) is 10.2. The largest absolute Gasteiger partial charge is 0.484 e. The highest BCUT2D eigenvalue weighted by Gasteiger charge is 2.04. The molecule has 0 aliphatic carbocycles. The molecule has 0 saturated carbocycles. The number of ether oxygens (including phenoxy) is 2. The summed E-state index contributed by atoms with van der Waals surface area (Å²) in [6.45, 7) is 1.06. The van der Waals surface area contributed by atoms with Gasteiger partial charge in [0.25, 0.3) is 5.91 Å². The maximum absolute atomic E-state index is 12.9. The molecular weight excluding hydrogens is 305 g/mol. The van der Waals surface area contributed by atoms with Gasteiger partial charge in [-0.05, 0) is 40.5 Å². The van der Waals surface area contributed by atoms with E-state index in [-0.39, 0.29) is 18.3 Å². The van der Waals surface area contributed by atoms with E-state index in [1.54, 1.807) is 7.11 Å². The molecule has 0 atom stereocenters. The van der Waals surface area contributed by atoms with Crippen molar-refractivity contribution in [2.45, 2.75) is 6.42 Å². The topological polar surface area (TPSA) is 47.6 Å². The third-order valence-corrected chi connectivity index (χ3v) is 2.72. The van der Waals surface area contributed by atoms with Crippen LogP contribution in [0.5, 0.6) is 5.75 Å². The van der Waals surface area contributed by atoms with Crippen LogP contribution in [0.1, 0.15) is 6.42 Å². The third kappa shape index (κ3) is 5.46. The van der Waals surface area contributed by atoms with Crippen LogP contribution in [0, 0.1) is 5.82 Å². The first-order valence-corrected chi connectivity index (χ1v) is 6.26. The SMILES string of the molecule is COCCCNC(=O)COc1ccc(F)c(Br)c1. The lowest BCUT2D eigenvalue weighted by Crippen LogP contribution is -2.30. The first-order chi connectivity index (χ1) is 8.63. The second-order valence-electron chi connectivity index (χ2n) is 3.56. The number of nitrogens with one attached hydrogen (secondary N) is 1. The Balaban J connectivity index is 2.27. The molecule has 0 aliphatic rings. The highest BCUT2D eigenvalue weighted by Crippen LogP contribution is 2.21. The number of carbonyl (C=O) groups is 1. The van der Waals surface area contributed by atoms with Gasteiger partial charge in [0.15, 0.2) is 6.61 Å². The van der Waals surface area contributed by atoms with Crippen molar-refractivity contribution in [2.75, 3.05) is 26.9 Å². The molecule has 18 heavy (non-hydrogen) atoms. The van der Waals surface area contributed by atoms with Crippen LogP contribution < -0.4 is 10.1 Å². The van der Waals surface area contributed by atoms with Crippen molar-refractivity contribution < 1.29 is 18.7 Å². The molecule has 0 fully saturated rings. The Morgan fingerprint density at radius 3 is 2.94 bits per heavy atom. The summed E-state index contributed by atoms with van der Waals surface area (Å²) in [6, 6.07) is 4.22. The van der Waals surface area contributed by atoms with Crippen molar-refractivity contribution in [3.63, 3.8) is 0 Å². The number of methoxy groups -OCH3 is 1. The number of hydrogen-bond acceptors (Lipinski definition) is 3. The average Bonchev–Trinajstić information content (AvgIpc) is 2.36. The van der Waals surface area contributed by atoms with Crippen molar-refractivity contribution in [1.82, 2.24) is 5.32 Å². The van der Waals surface area contributed by atoms with Crippen LogP contribution in [0.2, 0.25) is 0 Å². The van der Waals surface area contributed by atoms with E-state index in [1.807, 2.05) is 0 Å². The van der Waals surface area contributed by atoms with E-state index < -0.39 is 0 Å². The molecule has 0 saturated heterocycles. The molecule has 0 unspecified atom stereocenters. The van der Waals surface area contributed by atoms with Crippen LogP contribution in [-0.4, -0.2) is 32.8 Å². The molecule has 0 bridgehead atoms. The maximum Gasteiger partial charge on any atom is 0.257 e. The van der Waals surface area contributed by atoms with Crippen molar-refractivity contribution in [1.29, 1.82) is 0 Å². The molecule has 1 rings (SSSR count). The van der Waals surface area contributed by atoms with Gasteiger partial charge in [0.1, 0.15) is 11.6 Å². The van der Waals surface area contributed by atoms with E-state index in [2.05, 4.69) is 21.2 Å². The van der Waals surface area contributed by atoms with Crippen molar-refractivity contribution in [3.05, 3.63) is 28.5 Å². The Hall–Kier alpha value is -1.14. The highest BCUT2D eigenvalue weighted by molar-refractivity contribution is 9.10. The minimum atomic E-state index is -0.369. The zero-order valence-electron chi connectivity index (χ0n) is 10.0. The first-order valence-electron chi connectivity index (χ1n) is 5.47. The monoisotopic (exact) mass is 319 g/mol. The Kier molecular flexibility index (Phi) is 6.67. The predicted molar refractivity (Wildman–Crippen MR) is 69.1 cm³/mol. The van der Waals surface area contributed by atoms with Gasteiger partial charge in [-0.15, -0.1) is 0 Å². The van der Waals surface area contributed by atoms with Crippen LogP contribution in [0.4, 0.5) is 4.39 Å². The fourth-order valence-corrected chi connectivity index (χ4v) is 1.57. The molecule has 0 heterocycles. The number of amides is 1. The summed E-state index contributed by atoms with van der Waals surface area (Å²) in [6.07, 6.45) is 0.754. The summed E-state index contributed by atoms with van der Waals surface area (Å²) in [4.78, 5) is 11.4. The maximum atomic E-state index is 12.9. The summed E-state index contributed by atoms with van der Waals surface area (Å²) in [5.41, 5.74) is 0. The highest BCUT2D eigenvalue weighted by atomic mass is 79.9. The lowest BCUT2D eigenvalue weighted by molar-refractivity contribution is -0.123. The van der Waals surface area contributed by atoms with Gasteiger partial charge in [0.2, 0.25) is 0 Å². The van der Waals surface area contributed by atoms with E-state index in [0.29, 0.717) is 23.4 Å². The molecule has 100 valence electrons. The molecule has 1 amide bonds. The number of benzene rings is 1. The molecule has 1 N–H and O–H groups in total. The molecule has 0 aromatic heterocycles. The van der Waals surface area contributed by atoms with E-state index in [0.717, 1.165) is 6.42 Å². The van der Waals surface area contributed by atoms with Gasteiger partial charge in [-0.3, -0.25) is 4.79 Å². The number of halogens is 2. The Morgan fingerprint density at radius 2 is 2.28 bits per heavy atom. The molecule has 1 aromatic rings. The van der Waals surface area contributed by atoms with Gasteiger partial charge >= 0.3 is 0 Å². The van der Waals surface area contributed by atoms with Crippen molar-refractivity contribution >= 4 is 21.8 Å². The molecule has 6 heteroatoms. The smallest absolute Gasteiger partial charge is 0.257 e. The predicted octanol–water partition coefficient (Wildman–Crippen LogP) is 2.12. The van der Waals surface area contributed by atoms with Gasteiger partial charge in [-0.25, -0.2) is 4.39 Å². The summed E-state index contributed by atoms with van der Waals surface area (Å²) in [7, 11) is 1.61. The minimum absolute atomic E-state index is 0.0922. The standard InChI is InChI=1S/C12H15BrFNO3/c1-17-6-2-5-15-12(16)8-18-9-3-4-11(14)10(13)7-9/h3-4,7H,2,5-6,8H2,1H3,(H,15,16). The fourth-order valence-electron chi connectivity index (χ4n) is 1.21. The summed E-state index contributed by atoms with van der Waals surface area (Å²) in [5.74, 6) is -0.145. The quantitative estimate of drug-likeness (QED) is 0.783. The van der Waals surface area contributed by atoms with Gasteiger partial charge in [-0.1, -0.05) is 0 Å². The Morgan fingerprint density at radius 1 is 1.50 bits per heavy atom. The molecular formula is C12H15BrFNO3. The zero-order valence-corrected chi connectivity index (χ0v) is 11.6. The van der Waals surface area contributed by atoms with Crippen LogP contribution in [-0.2, 0) is 9.53 Å². The summed E-state index contributed by atoms with van der Waals surface area (Å²) in [5, 5.41) is 2.68. The molecule has 1 aromatic carbocycles. The van der Waals surface area contributed by atoms with Crippen LogP contribution >= 0.6 is 15.9 Å². The van der Waals surface area contributed by atoms with E-state index >= 15 is 0 Å². The van der Waals surface area contributed by atoms with Gasteiger partial charge in [0, 0.05) is 20.3 Å². The van der Waals surface area contributed by atoms with E-state index in [4.69, 9.17) is 9.47 Å². The van der Waals surface area contributed by atoms with Crippen molar-refractivity contribution in [2.24, 2.45) is 0 Å². The van der Waals surface area contributed by atoms with Gasteiger partial charge in [-0.2, -0.15) is 0 Å². The van der Waals surface area contributed by atoms with Crippen LogP contribution in [0.3, 0.4) is 0 Å². The van der Waals surface area contributed by atoms with E-state index in [1.165, 1.54) is 18.2 Å². The van der Waals surface area contributed by atoms with Crippen LogP contribution in [0.15, 0.2) is 22.7 Å². The number of carbonyl (C=O) groups excluding carboxylic acids is 1. The average molecular weight is 320 g/mol. The Bertz CT molecular complexity index is 401. The first kappa shape index (κ1) is 14.9. The Labute approximate surface area is 114 Å². The molecule has 0 spiro atoms. The molecule has 0 radical (unpaired) electrons. The number of hydrogen-bond donors (Lipinski definition) is 1. The second-order valence-corrected chi connectivity index (χ2v) is 4.42. The van der Waals surface area contributed by atoms with E-state index in [9.17, 15) is 9.18 Å².